The van der Waals surface area contributed by atoms with Gasteiger partial charge in [0.1, 0.15) is 0 Å². The Morgan fingerprint density at radius 1 is 1.31 bits per heavy atom. The molecule has 0 aromatic heterocycles. The summed E-state index contributed by atoms with van der Waals surface area (Å²) in [6.45, 7) is 3.63. The lowest BCUT2D eigenvalue weighted by molar-refractivity contribution is -0.130. The Kier molecular flexibility index (Phi) is 6.16. The van der Waals surface area contributed by atoms with E-state index >= 15 is 0 Å². The van der Waals surface area contributed by atoms with Crippen molar-refractivity contribution in [2.24, 2.45) is 0 Å². The first-order chi connectivity index (χ1) is 7.77. The second-order valence-electron chi connectivity index (χ2n) is 3.65. The van der Waals surface area contributed by atoms with Crippen LogP contribution in [0.5, 0.6) is 0 Å². The Morgan fingerprint density at radius 3 is 2.56 bits per heavy atom. The Labute approximate surface area is 106 Å². The molecule has 0 aliphatic carbocycles. The minimum absolute atomic E-state index is 0.232. The molecular formula is C13H18BrNO. The highest BCUT2D eigenvalue weighted by molar-refractivity contribution is 9.09. The Morgan fingerprint density at radius 2 is 2.00 bits per heavy atom. The van der Waals surface area contributed by atoms with Gasteiger partial charge in [0.15, 0.2) is 0 Å². The third-order valence-corrected chi connectivity index (χ3v) is 2.95. The van der Waals surface area contributed by atoms with E-state index in [4.69, 9.17) is 0 Å². The monoisotopic (exact) mass is 283 g/mol. The van der Waals surface area contributed by atoms with Gasteiger partial charge in [-0.15, -0.1) is 0 Å². The normalized spacial score (nSPS) is 10.1. The molecule has 0 spiro atoms. The molecule has 0 atom stereocenters. The SMILES string of the molecule is CCN(CCc1ccccc1)C(=O)CCBr. The van der Waals surface area contributed by atoms with Crippen molar-refractivity contribution < 1.29 is 4.79 Å². The zero-order valence-corrected chi connectivity index (χ0v) is 11.2. The van der Waals surface area contributed by atoms with Gasteiger partial charge in [-0.3, -0.25) is 4.79 Å². The highest BCUT2D eigenvalue weighted by atomic mass is 79.9. The van der Waals surface area contributed by atoms with Gasteiger partial charge in [0, 0.05) is 24.8 Å². The van der Waals surface area contributed by atoms with Crippen molar-refractivity contribution in [1.29, 1.82) is 0 Å². The van der Waals surface area contributed by atoms with E-state index in [1.807, 2.05) is 30.0 Å². The summed E-state index contributed by atoms with van der Waals surface area (Å²) < 4.78 is 0. The number of amides is 1. The number of nitrogens with zero attached hydrogens (tertiary/aromatic N) is 1. The van der Waals surface area contributed by atoms with E-state index in [-0.39, 0.29) is 5.91 Å². The zero-order chi connectivity index (χ0) is 11.8. The third-order valence-electron chi connectivity index (χ3n) is 2.56. The van der Waals surface area contributed by atoms with Crippen LogP contribution in [0.1, 0.15) is 18.9 Å². The third kappa shape index (κ3) is 4.35. The molecule has 0 radical (unpaired) electrons. The maximum atomic E-state index is 11.7. The first-order valence-electron chi connectivity index (χ1n) is 5.65. The van der Waals surface area contributed by atoms with Crippen molar-refractivity contribution in [3.8, 4) is 0 Å². The fourth-order valence-corrected chi connectivity index (χ4v) is 1.95. The van der Waals surface area contributed by atoms with Gasteiger partial charge in [0.25, 0.3) is 0 Å². The molecule has 0 saturated carbocycles. The Balaban J connectivity index is 2.43. The molecule has 1 amide bonds. The number of alkyl halides is 1. The Hall–Kier alpha value is -0.830. The number of rotatable bonds is 6. The lowest BCUT2D eigenvalue weighted by Crippen LogP contribution is -2.32. The first kappa shape index (κ1) is 13.2. The largest absolute Gasteiger partial charge is 0.343 e. The number of halogens is 1. The minimum atomic E-state index is 0.232. The molecule has 88 valence electrons. The zero-order valence-electron chi connectivity index (χ0n) is 9.66. The van der Waals surface area contributed by atoms with Gasteiger partial charge in [-0.25, -0.2) is 0 Å². The number of carbonyl (C=O) groups is 1. The molecule has 16 heavy (non-hydrogen) atoms. The van der Waals surface area contributed by atoms with Gasteiger partial charge in [0.2, 0.25) is 5.91 Å². The van der Waals surface area contributed by atoms with E-state index in [0.717, 1.165) is 24.8 Å². The van der Waals surface area contributed by atoms with Crippen molar-refractivity contribution in [1.82, 2.24) is 4.90 Å². The van der Waals surface area contributed by atoms with Crippen LogP contribution >= 0.6 is 15.9 Å². The summed E-state index contributed by atoms with van der Waals surface area (Å²) in [6.07, 6.45) is 1.52. The predicted molar refractivity (Wildman–Crippen MR) is 70.8 cm³/mol. The lowest BCUT2D eigenvalue weighted by Gasteiger charge is -2.20. The average molecular weight is 284 g/mol. The predicted octanol–water partition coefficient (Wildman–Crippen LogP) is 2.86. The Bertz CT molecular complexity index is 313. The van der Waals surface area contributed by atoms with Crippen LogP contribution in [-0.2, 0) is 11.2 Å². The molecule has 0 aliphatic rings. The van der Waals surface area contributed by atoms with E-state index in [1.54, 1.807) is 0 Å². The smallest absolute Gasteiger partial charge is 0.223 e. The van der Waals surface area contributed by atoms with Crippen LogP contribution in [0.3, 0.4) is 0 Å². The van der Waals surface area contributed by atoms with E-state index in [9.17, 15) is 4.79 Å². The lowest BCUT2D eigenvalue weighted by atomic mass is 10.1. The molecule has 0 unspecified atom stereocenters. The molecular weight excluding hydrogens is 266 g/mol. The second-order valence-corrected chi connectivity index (χ2v) is 4.44. The summed E-state index contributed by atoms with van der Waals surface area (Å²) >= 11 is 3.30. The molecule has 0 N–H and O–H groups in total. The highest BCUT2D eigenvalue weighted by Crippen LogP contribution is 2.03. The van der Waals surface area contributed by atoms with Crippen molar-refractivity contribution in [3.05, 3.63) is 35.9 Å². The van der Waals surface area contributed by atoms with E-state index < -0.39 is 0 Å². The maximum absolute atomic E-state index is 11.7. The number of hydrogen-bond donors (Lipinski definition) is 0. The minimum Gasteiger partial charge on any atom is -0.343 e. The fraction of sp³-hybridized carbons (Fsp3) is 0.462. The van der Waals surface area contributed by atoms with E-state index in [0.29, 0.717) is 6.42 Å². The van der Waals surface area contributed by atoms with E-state index in [2.05, 4.69) is 28.1 Å². The average Bonchev–Trinajstić information content (AvgIpc) is 2.31. The summed E-state index contributed by atoms with van der Waals surface area (Å²) in [6, 6.07) is 10.3. The molecule has 2 nitrogen and oxygen atoms in total. The van der Waals surface area contributed by atoms with Crippen LogP contribution in [-0.4, -0.2) is 29.2 Å². The van der Waals surface area contributed by atoms with Crippen LogP contribution < -0.4 is 0 Å². The molecule has 0 fully saturated rings. The van der Waals surface area contributed by atoms with Crippen molar-refractivity contribution >= 4 is 21.8 Å². The molecule has 1 rings (SSSR count). The van der Waals surface area contributed by atoms with Gasteiger partial charge in [-0.1, -0.05) is 46.3 Å². The second kappa shape index (κ2) is 7.44. The van der Waals surface area contributed by atoms with Gasteiger partial charge in [-0.2, -0.15) is 0 Å². The van der Waals surface area contributed by atoms with Gasteiger partial charge < -0.3 is 4.90 Å². The molecule has 0 heterocycles. The van der Waals surface area contributed by atoms with Crippen LogP contribution in [0, 0.1) is 0 Å². The van der Waals surface area contributed by atoms with Crippen LogP contribution in [0.2, 0.25) is 0 Å². The van der Waals surface area contributed by atoms with Crippen LogP contribution in [0.4, 0.5) is 0 Å². The number of carbonyl (C=O) groups excluding carboxylic acids is 1. The maximum Gasteiger partial charge on any atom is 0.223 e. The van der Waals surface area contributed by atoms with Gasteiger partial charge in [0.05, 0.1) is 0 Å². The molecule has 0 aliphatic heterocycles. The number of benzene rings is 1. The summed E-state index contributed by atoms with van der Waals surface area (Å²) in [5.74, 6) is 0.232. The fourth-order valence-electron chi connectivity index (χ4n) is 1.61. The van der Waals surface area contributed by atoms with Crippen molar-refractivity contribution in [2.75, 3.05) is 18.4 Å². The number of likely N-dealkylation sites (N-methyl/N-ethyl adjacent to an activating group) is 1. The van der Waals surface area contributed by atoms with E-state index in [1.165, 1.54) is 5.56 Å². The van der Waals surface area contributed by atoms with Gasteiger partial charge in [-0.05, 0) is 18.9 Å². The molecule has 1 aromatic rings. The van der Waals surface area contributed by atoms with Crippen LogP contribution in [0.25, 0.3) is 0 Å². The summed E-state index contributed by atoms with van der Waals surface area (Å²) in [7, 11) is 0. The number of hydrogen-bond acceptors (Lipinski definition) is 1. The van der Waals surface area contributed by atoms with Crippen molar-refractivity contribution in [3.63, 3.8) is 0 Å². The highest BCUT2D eigenvalue weighted by Gasteiger charge is 2.09. The van der Waals surface area contributed by atoms with Gasteiger partial charge >= 0.3 is 0 Å². The van der Waals surface area contributed by atoms with Crippen molar-refractivity contribution in [2.45, 2.75) is 19.8 Å². The van der Waals surface area contributed by atoms with Crippen LogP contribution in [0.15, 0.2) is 30.3 Å². The molecule has 0 saturated heterocycles. The topological polar surface area (TPSA) is 20.3 Å². The molecule has 1 aromatic carbocycles. The summed E-state index contributed by atoms with van der Waals surface area (Å²) in [5, 5.41) is 0.744. The molecule has 3 heteroatoms. The quantitative estimate of drug-likeness (QED) is 0.736. The summed E-state index contributed by atoms with van der Waals surface area (Å²) in [5.41, 5.74) is 1.28. The molecule has 0 bridgehead atoms. The summed E-state index contributed by atoms with van der Waals surface area (Å²) in [4.78, 5) is 13.6. The first-order valence-corrected chi connectivity index (χ1v) is 6.77. The standard InChI is InChI=1S/C13H18BrNO/c1-2-15(13(16)8-10-14)11-9-12-6-4-3-5-7-12/h3-7H,2,8-11H2,1H3.